The van der Waals surface area contributed by atoms with E-state index < -0.39 is 15.7 Å². The molecule has 0 aliphatic carbocycles. The molecule has 0 radical (unpaired) electrons. The highest BCUT2D eigenvalue weighted by molar-refractivity contribution is 7.91. The summed E-state index contributed by atoms with van der Waals surface area (Å²) in [6.07, 6.45) is 1.24. The smallest absolute Gasteiger partial charge is 0.150 e. The molecule has 0 spiro atoms. The van der Waals surface area contributed by atoms with Gasteiger partial charge in [-0.1, -0.05) is 17.7 Å². The third kappa shape index (κ3) is 3.68. The van der Waals surface area contributed by atoms with Crippen LogP contribution in [0.15, 0.2) is 18.2 Å². The fourth-order valence-electron chi connectivity index (χ4n) is 2.61. The van der Waals surface area contributed by atoms with E-state index in [0.29, 0.717) is 19.4 Å². The molecule has 0 aromatic heterocycles. The Kier molecular flexibility index (Phi) is 4.48. The van der Waals surface area contributed by atoms with E-state index in [2.05, 4.69) is 0 Å². The van der Waals surface area contributed by atoms with Gasteiger partial charge in [0.05, 0.1) is 16.5 Å². The number of sulfone groups is 1. The van der Waals surface area contributed by atoms with E-state index in [1.54, 1.807) is 6.07 Å². The highest BCUT2D eigenvalue weighted by Crippen LogP contribution is 2.28. The first-order chi connectivity index (χ1) is 8.91. The van der Waals surface area contributed by atoms with Crippen molar-refractivity contribution in [2.75, 3.05) is 18.1 Å². The van der Waals surface area contributed by atoms with E-state index in [0.717, 1.165) is 5.56 Å². The topological polar surface area (TPSA) is 60.2 Å². The van der Waals surface area contributed by atoms with Gasteiger partial charge in [-0.05, 0) is 48.9 Å². The van der Waals surface area contributed by atoms with Crippen LogP contribution in [0.5, 0.6) is 0 Å². The van der Waals surface area contributed by atoms with E-state index in [4.69, 9.17) is 17.3 Å². The van der Waals surface area contributed by atoms with Crippen LogP contribution in [-0.2, 0) is 16.3 Å². The highest BCUT2D eigenvalue weighted by atomic mass is 35.5. The molecule has 1 aliphatic heterocycles. The van der Waals surface area contributed by atoms with Crippen LogP contribution in [0, 0.1) is 17.7 Å². The Morgan fingerprint density at radius 3 is 2.74 bits per heavy atom. The van der Waals surface area contributed by atoms with E-state index in [1.807, 2.05) is 0 Å². The summed E-state index contributed by atoms with van der Waals surface area (Å²) in [4.78, 5) is 0. The highest BCUT2D eigenvalue weighted by Gasteiger charge is 2.33. The molecule has 1 fully saturated rings. The molecule has 0 saturated carbocycles. The van der Waals surface area contributed by atoms with Crippen LogP contribution in [-0.4, -0.2) is 26.5 Å². The molecule has 1 saturated heterocycles. The lowest BCUT2D eigenvalue weighted by atomic mass is 9.86. The minimum absolute atomic E-state index is 0.0675. The van der Waals surface area contributed by atoms with Crippen LogP contribution in [0.4, 0.5) is 4.39 Å². The lowest BCUT2D eigenvalue weighted by Crippen LogP contribution is -2.26. The fourth-order valence-corrected chi connectivity index (χ4v) is 4.64. The Bertz CT molecular complexity index is 562. The van der Waals surface area contributed by atoms with Crippen molar-refractivity contribution in [2.45, 2.75) is 12.8 Å². The van der Waals surface area contributed by atoms with E-state index in [1.165, 1.54) is 12.1 Å². The third-order valence-electron chi connectivity index (χ3n) is 3.72. The molecule has 1 aromatic rings. The van der Waals surface area contributed by atoms with Gasteiger partial charge in [0.25, 0.3) is 0 Å². The zero-order chi connectivity index (χ0) is 14.0. The quantitative estimate of drug-likeness (QED) is 0.926. The minimum Gasteiger partial charge on any atom is -0.330 e. The van der Waals surface area contributed by atoms with Gasteiger partial charge >= 0.3 is 0 Å². The van der Waals surface area contributed by atoms with Crippen molar-refractivity contribution < 1.29 is 12.8 Å². The SMILES string of the molecule is NCC(Cc1ccc(Cl)c(F)c1)C1CCS(=O)(=O)C1. The number of hydrogen-bond acceptors (Lipinski definition) is 3. The maximum Gasteiger partial charge on any atom is 0.150 e. The summed E-state index contributed by atoms with van der Waals surface area (Å²) in [7, 11) is -2.91. The summed E-state index contributed by atoms with van der Waals surface area (Å²) < 4.78 is 36.4. The zero-order valence-corrected chi connectivity index (χ0v) is 12.1. The summed E-state index contributed by atoms with van der Waals surface area (Å²) >= 11 is 5.64. The zero-order valence-electron chi connectivity index (χ0n) is 10.5. The number of hydrogen-bond donors (Lipinski definition) is 1. The summed E-state index contributed by atoms with van der Waals surface area (Å²) in [5.41, 5.74) is 6.55. The minimum atomic E-state index is -2.91. The number of rotatable bonds is 4. The normalized spacial score (nSPS) is 23.4. The first kappa shape index (κ1) is 14.8. The number of benzene rings is 1. The van der Waals surface area contributed by atoms with Crippen LogP contribution < -0.4 is 5.73 Å². The Hall–Kier alpha value is -0.650. The molecular weight excluding hydrogens is 289 g/mol. The van der Waals surface area contributed by atoms with Crippen molar-refractivity contribution >= 4 is 21.4 Å². The van der Waals surface area contributed by atoms with Gasteiger partial charge in [0.1, 0.15) is 5.82 Å². The Labute approximate surface area is 117 Å². The largest absolute Gasteiger partial charge is 0.330 e. The molecule has 0 bridgehead atoms. The second kappa shape index (κ2) is 5.77. The molecule has 2 unspecified atom stereocenters. The standard InChI is InChI=1S/C13H17ClFNO2S/c14-12-2-1-9(6-13(12)15)5-11(7-16)10-3-4-19(17,18)8-10/h1-2,6,10-11H,3-5,7-8,16H2. The average Bonchev–Trinajstić information content (AvgIpc) is 2.71. The van der Waals surface area contributed by atoms with Gasteiger partial charge in [-0.25, -0.2) is 12.8 Å². The predicted molar refractivity (Wildman–Crippen MR) is 74.4 cm³/mol. The fraction of sp³-hybridized carbons (Fsp3) is 0.538. The summed E-state index contributed by atoms with van der Waals surface area (Å²) in [6, 6.07) is 4.68. The van der Waals surface area contributed by atoms with Gasteiger partial charge in [0.2, 0.25) is 0 Å². The van der Waals surface area contributed by atoms with Gasteiger partial charge < -0.3 is 5.73 Å². The Morgan fingerprint density at radius 1 is 1.47 bits per heavy atom. The van der Waals surface area contributed by atoms with Crippen molar-refractivity contribution in [3.63, 3.8) is 0 Å². The molecule has 0 amide bonds. The van der Waals surface area contributed by atoms with Crippen molar-refractivity contribution in [3.8, 4) is 0 Å². The number of halogens is 2. The molecule has 2 atom stereocenters. The first-order valence-electron chi connectivity index (χ1n) is 6.25. The maximum atomic E-state index is 13.4. The van der Waals surface area contributed by atoms with Crippen LogP contribution >= 0.6 is 11.6 Å². The van der Waals surface area contributed by atoms with Gasteiger partial charge in [0.15, 0.2) is 9.84 Å². The van der Waals surface area contributed by atoms with Crippen LogP contribution in [0.2, 0.25) is 5.02 Å². The Balaban J connectivity index is 2.09. The van der Waals surface area contributed by atoms with Gasteiger partial charge in [-0.15, -0.1) is 0 Å². The predicted octanol–water partition coefficient (Wildman–Crippen LogP) is 2.03. The van der Waals surface area contributed by atoms with Crippen LogP contribution in [0.1, 0.15) is 12.0 Å². The second-order valence-corrected chi connectivity index (χ2v) is 7.75. The number of nitrogens with two attached hydrogens (primary N) is 1. The van der Waals surface area contributed by atoms with Gasteiger partial charge in [-0.2, -0.15) is 0 Å². The first-order valence-corrected chi connectivity index (χ1v) is 8.45. The summed E-state index contributed by atoms with van der Waals surface area (Å²) in [5, 5.41) is 0.0940. The molecule has 3 nitrogen and oxygen atoms in total. The monoisotopic (exact) mass is 305 g/mol. The van der Waals surface area contributed by atoms with E-state index in [-0.39, 0.29) is 28.4 Å². The van der Waals surface area contributed by atoms with Crippen molar-refractivity contribution in [1.82, 2.24) is 0 Å². The summed E-state index contributed by atoms with van der Waals surface area (Å²) in [5.74, 6) is 0.134. The average molecular weight is 306 g/mol. The van der Waals surface area contributed by atoms with E-state index >= 15 is 0 Å². The molecule has 2 N–H and O–H groups in total. The van der Waals surface area contributed by atoms with Crippen molar-refractivity contribution in [2.24, 2.45) is 17.6 Å². The molecule has 1 aromatic carbocycles. The molecule has 6 heteroatoms. The van der Waals surface area contributed by atoms with Gasteiger partial charge in [-0.3, -0.25) is 0 Å². The molecule has 2 rings (SSSR count). The van der Waals surface area contributed by atoms with E-state index in [9.17, 15) is 12.8 Å². The van der Waals surface area contributed by atoms with Crippen LogP contribution in [0.25, 0.3) is 0 Å². The Morgan fingerprint density at radius 2 is 2.21 bits per heavy atom. The molecule has 1 heterocycles. The molecule has 106 valence electrons. The van der Waals surface area contributed by atoms with Crippen molar-refractivity contribution in [3.05, 3.63) is 34.6 Å². The van der Waals surface area contributed by atoms with Crippen LogP contribution in [0.3, 0.4) is 0 Å². The summed E-state index contributed by atoms with van der Waals surface area (Å²) in [6.45, 7) is 0.407. The van der Waals surface area contributed by atoms with Crippen molar-refractivity contribution in [1.29, 1.82) is 0 Å². The molecule has 19 heavy (non-hydrogen) atoms. The maximum absolute atomic E-state index is 13.4. The third-order valence-corrected chi connectivity index (χ3v) is 5.82. The molecule has 1 aliphatic rings. The lowest BCUT2D eigenvalue weighted by Gasteiger charge is -2.20. The lowest BCUT2D eigenvalue weighted by molar-refractivity contribution is 0.370. The molecular formula is C13H17ClFNO2S. The second-order valence-electron chi connectivity index (χ2n) is 5.11. The van der Waals surface area contributed by atoms with Gasteiger partial charge in [0, 0.05) is 0 Å².